The summed E-state index contributed by atoms with van der Waals surface area (Å²) >= 11 is 10.6. The standard InChI is InChI=1S/C14H11ClO.C7H3ClF2O/c15-14(16)13(11-7-3-1-4-8-11)12-9-5-2-6-10-12;8-7(11)5-2-1-4(9)3-6(5)10/h1-10,13H;1-3H. The monoisotopic (exact) mass is 406 g/mol. The topological polar surface area (TPSA) is 34.1 Å². The first-order valence-corrected chi connectivity index (χ1v) is 8.60. The van der Waals surface area contributed by atoms with Gasteiger partial charge in [0.2, 0.25) is 5.24 Å². The zero-order chi connectivity index (χ0) is 19.8. The molecule has 0 saturated carbocycles. The zero-order valence-electron chi connectivity index (χ0n) is 13.9. The Morgan fingerprint density at radius 1 is 0.741 bits per heavy atom. The predicted molar refractivity (Wildman–Crippen MR) is 102 cm³/mol. The van der Waals surface area contributed by atoms with Crippen molar-refractivity contribution in [2.24, 2.45) is 0 Å². The van der Waals surface area contributed by atoms with Crippen LogP contribution in [-0.2, 0) is 4.79 Å². The second-order valence-corrected chi connectivity index (χ2v) is 6.17. The molecule has 0 unspecified atom stereocenters. The van der Waals surface area contributed by atoms with Crippen molar-refractivity contribution in [3.8, 4) is 0 Å². The van der Waals surface area contributed by atoms with Crippen LogP contribution in [0, 0.1) is 11.6 Å². The van der Waals surface area contributed by atoms with E-state index in [4.69, 9.17) is 23.2 Å². The van der Waals surface area contributed by atoms with Crippen LogP contribution in [0.5, 0.6) is 0 Å². The van der Waals surface area contributed by atoms with Crippen molar-refractivity contribution in [3.05, 3.63) is 107 Å². The van der Waals surface area contributed by atoms with Gasteiger partial charge in [-0.1, -0.05) is 60.7 Å². The number of rotatable bonds is 4. The maximum atomic E-state index is 12.6. The van der Waals surface area contributed by atoms with Crippen LogP contribution < -0.4 is 0 Å². The average Bonchev–Trinajstić information content (AvgIpc) is 2.63. The molecule has 6 heteroatoms. The first kappa shape index (κ1) is 20.7. The van der Waals surface area contributed by atoms with Gasteiger partial charge in [0.15, 0.2) is 0 Å². The van der Waals surface area contributed by atoms with E-state index in [2.05, 4.69) is 0 Å². The average molecular weight is 407 g/mol. The second kappa shape index (κ2) is 9.95. The Morgan fingerprint density at radius 3 is 1.59 bits per heavy atom. The largest absolute Gasteiger partial charge is 0.280 e. The molecule has 0 aliphatic carbocycles. The van der Waals surface area contributed by atoms with E-state index in [0.29, 0.717) is 6.07 Å². The fraction of sp³-hybridized carbons (Fsp3) is 0.0476. The third-order valence-corrected chi connectivity index (χ3v) is 4.06. The minimum atomic E-state index is -0.940. The summed E-state index contributed by atoms with van der Waals surface area (Å²) in [6.45, 7) is 0. The summed E-state index contributed by atoms with van der Waals surface area (Å²) in [4.78, 5) is 21.9. The van der Waals surface area contributed by atoms with Gasteiger partial charge < -0.3 is 0 Å². The Morgan fingerprint density at radius 2 is 1.22 bits per heavy atom. The third-order valence-electron chi connectivity index (χ3n) is 3.64. The Hall–Kier alpha value is -2.56. The van der Waals surface area contributed by atoms with Crippen LogP contribution in [-0.4, -0.2) is 10.5 Å². The van der Waals surface area contributed by atoms with E-state index in [1.165, 1.54) is 0 Å². The van der Waals surface area contributed by atoms with Crippen molar-refractivity contribution in [1.82, 2.24) is 0 Å². The molecule has 0 aromatic heterocycles. The SMILES string of the molecule is O=C(Cl)C(c1ccccc1)c1ccccc1.O=C(Cl)c1ccc(F)cc1F. The molecule has 0 atom stereocenters. The summed E-state index contributed by atoms with van der Waals surface area (Å²) in [7, 11) is 0. The van der Waals surface area contributed by atoms with E-state index in [1.807, 2.05) is 60.7 Å². The van der Waals surface area contributed by atoms with Gasteiger partial charge in [0.25, 0.3) is 5.24 Å². The van der Waals surface area contributed by atoms with Crippen LogP contribution in [0.1, 0.15) is 27.4 Å². The normalized spacial score (nSPS) is 10.1. The highest BCUT2D eigenvalue weighted by molar-refractivity contribution is 6.67. The summed E-state index contributed by atoms with van der Waals surface area (Å²) in [5.41, 5.74) is 1.54. The Balaban J connectivity index is 0.000000208. The molecule has 0 spiro atoms. The maximum absolute atomic E-state index is 12.6. The van der Waals surface area contributed by atoms with Gasteiger partial charge in [-0.25, -0.2) is 8.78 Å². The fourth-order valence-electron chi connectivity index (χ4n) is 2.39. The van der Waals surface area contributed by atoms with Crippen molar-refractivity contribution in [3.63, 3.8) is 0 Å². The van der Waals surface area contributed by atoms with Crippen LogP contribution in [0.15, 0.2) is 78.9 Å². The molecule has 0 N–H and O–H groups in total. The molecule has 0 aliphatic heterocycles. The Labute approximate surface area is 165 Å². The quantitative estimate of drug-likeness (QED) is 0.503. The van der Waals surface area contributed by atoms with E-state index in [-0.39, 0.29) is 16.7 Å². The van der Waals surface area contributed by atoms with Gasteiger partial charge in [-0.3, -0.25) is 9.59 Å². The summed E-state index contributed by atoms with van der Waals surface area (Å²) in [5, 5.41) is -1.28. The van der Waals surface area contributed by atoms with Gasteiger partial charge in [0.1, 0.15) is 11.6 Å². The van der Waals surface area contributed by atoms with Crippen molar-refractivity contribution >= 4 is 33.7 Å². The van der Waals surface area contributed by atoms with Crippen LogP contribution in [0.4, 0.5) is 8.78 Å². The third kappa shape index (κ3) is 5.98. The molecular formula is C21H14Cl2F2O2. The first-order chi connectivity index (χ1) is 12.9. The minimum absolute atomic E-state index is 0.312. The number of benzene rings is 3. The molecule has 27 heavy (non-hydrogen) atoms. The second-order valence-electron chi connectivity index (χ2n) is 5.46. The lowest BCUT2D eigenvalue weighted by Crippen LogP contribution is -2.08. The highest BCUT2D eigenvalue weighted by Gasteiger charge is 2.20. The molecule has 0 radical (unpaired) electrons. The molecule has 0 fully saturated rings. The highest BCUT2D eigenvalue weighted by atomic mass is 35.5. The van der Waals surface area contributed by atoms with Crippen molar-refractivity contribution in [1.29, 1.82) is 0 Å². The van der Waals surface area contributed by atoms with E-state index in [1.54, 1.807) is 0 Å². The van der Waals surface area contributed by atoms with Crippen LogP contribution in [0.2, 0.25) is 0 Å². The van der Waals surface area contributed by atoms with E-state index < -0.39 is 16.9 Å². The molecule has 0 aliphatic rings. The van der Waals surface area contributed by atoms with Gasteiger partial charge in [0, 0.05) is 6.07 Å². The van der Waals surface area contributed by atoms with E-state index >= 15 is 0 Å². The summed E-state index contributed by atoms with van der Waals surface area (Å²) in [6, 6.07) is 21.7. The summed E-state index contributed by atoms with van der Waals surface area (Å²) in [6.07, 6.45) is 0. The Kier molecular flexibility index (Phi) is 7.65. The Bertz CT molecular complexity index is 876. The summed E-state index contributed by atoms with van der Waals surface area (Å²) in [5.74, 6) is -2.04. The molecule has 2 nitrogen and oxygen atoms in total. The molecular weight excluding hydrogens is 393 g/mol. The number of hydrogen-bond acceptors (Lipinski definition) is 2. The highest BCUT2D eigenvalue weighted by Crippen LogP contribution is 2.26. The molecule has 138 valence electrons. The van der Waals surface area contributed by atoms with Crippen molar-refractivity contribution in [2.75, 3.05) is 0 Å². The lowest BCUT2D eigenvalue weighted by atomic mass is 9.93. The van der Waals surface area contributed by atoms with E-state index in [0.717, 1.165) is 23.3 Å². The van der Waals surface area contributed by atoms with Gasteiger partial charge >= 0.3 is 0 Å². The molecule has 3 aromatic rings. The van der Waals surface area contributed by atoms with Crippen molar-refractivity contribution < 1.29 is 18.4 Å². The van der Waals surface area contributed by atoms with E-state index in [9.17, 15) is 18.4 Å². The molecule has 0 heterocycles. The lowest BCUT2D eigenvalue weighted by Gasteiger charge is -2.12. The maximum Gasteiger partial charge on any atom is 0.255 e. The summed E-state index contributed by atoms with van der Waals surface area (Å²) < 4.78 is 24.8. The van der Waals surface area contributed by atoms with Gasteiger partial charge in [-0.2, -0.15) is 0 Å². The number of hydrogen-bond donors (Lipinski definition) is 0. The van der Waals surface area contributed by atoms with Crippen LogP contribution in [0.25, 0.3) is 0 Å². The van der Waals surface area contributed by atoms with Gasteiger partial charge in [-0.05, 0) is 46.5 Å². The smallest absolute Gasteiger partial charge is 0.255 e. The van der Waals surface area contributed by atoms with Crippen LogP contribution >= 0.6 is 23.2 Å². The first-order valence-electron chi connectivity index (χ1n) is 7.84. The molecule has 0 saturated heterocycles. The fourth-order valence-corrected chi connectivity index (χ4v) is 2.80. The number of carbonyl (C=O) groups is 2. The number of halogens is 4. The molecule has 0 bridgehead atoms. The minimum Gasteiger partial charge on any atom is -0.280 e. The predicted octanol–water partition coefficient (Wildman–Crippen LogP) is 5.93. The van der Waals surface area contributed by atoms with Crippen molar-refractivity contribution in [2.45, 2.75) is 5.92 Å². The zero-order valence-corrected chi connectivity index (χ0v) is 15.4. The molecule has 3 rings (SSSR count). The lowest BCUT2D eigenvalue weighted by molar-refractivity contribution is -0.112. The molecule has 0 amide bonds. The molecule has 3 aromatic carbocycles. The van der Waals surface area contributed by atoms with Crippen LogP contribution in [0.3, 0.4) is 0 Å². The van der Waals surface area contributed by atoms with Gasteiger partial charge in [-0.15, -0.1) is 0 Å². The van der Waals surface area contributed by atoms with Gasteiger partial charge in [0.05, 0.1) is 11.5 Å². The number of carbonyl (C=O) groups excluding carboxylic acids is 2.